The molecule has 0 saturated heterocycles. The lowest BCUT2D eigenvalue weighted by Crippen LogP contribution is -2.14. The summed E-state index contributed by atoms with van der Waals surface area (Å²) in [4.78, 5) is 23.5. The summed E-state index contributed by atoms with van der Waals surface area (Å²) in [5.41, 5.74) is -2.43. The van der Waals surface area contributed by atoms with E-state index in [0.717, 1.165) is 0 Å². The van der Waals surface area contributed by atoms with Gasteiger partial charge in [-0.25, -0.2) is 8.78 Å². The molecule has 0 atom stereocenters. The molecule has 3 N–H and O–H groups in total. The minimum Gasteiger partial charge on any atom is -0.503 e. The Labute approximate surface area is 82.0 Å². The number of nitrogens with one attached hydrogen (secondary N) is 1. The van der Waals surface area contributed by atoms with Gasteiger partial charge in [-0.1, -0.05) is 0 Å². The summed E-state index contributed by atoms with van der Waals surface area (Å²) in [6.45, 7) is 0. The Morgan fingerprint density at radius 1 is 1.53 bits per heavy atom. The highest BCUT2D eigenvalue weighted by Crippen LogP contribution is 2.18. The van der Waals surface area contributed by atoms with Gasteiger partial charge in [0.05, 0.1) is 17.7 Å². The Kier molecular flexibility index (Phi) is 3.03. The first kappa shape index (κ1) is 11.2. The number of aromatic hydroxyl groups is 1. The quantitative estimate of drug-likeness (QED) is 0.695. The highest BCUT2D eigenvalue weighted by molar-refractivity contribution is 5.70. The molecule has 0 spiro atoms. The highest BCUT2D eigenvalue weighted by atomic mass is 19.3. The van der Waals surface area contributed by atoms with E-state index in [0.29, 0.717) is 6.20 Å². The van der Waals surface area contributed by atoms with Gasteiger partial charge < -0.3 is 15.2 Å². The van der Waals surface area contributed by atoms with Crippen molar-refractivity contribution in [2.45, 2.75) is 12.8 Å². The maximum Gasteiger partial charge on any atom is 0.309 e. The Morgan fingerprint density at radius 2 is 2.13 bits per heavy atom. The fraction of sp³-hybridized carbons (Fsp3) is 0.250. The number of hydrogen-bond acceptors (Lipinski definition) is 3. The Balaban J connectivity index is 3.22. The number of aromatic nitrogens is 1. The van der Waals surface area contributed by atoms with Gasteiger partial charge in [0.1, 0.15) is 0 Å². The van der Waals surface area contributed by atoms with E-state index >= 15 is 0 Å². The number of rotatable bonds is 3. The number of halogens is 2. The van der Waals surface area contributed by atoms with Gasteiger partial charge >= 0.3 is 5.97 Å². The molecule has 0 bridgehead atoms. The topological polar surface area (TPSA) is 90.4 Å². The summed E-state index contributed by atoms with van der Waals surface area (Å²) < 4.78 is 24.3. The third-order valence-corrected chi connectivity index (χ3v) is 1.73. The molecule has 0 saturated carbocycles. The van der Waals surface area contributed by atoms with E-state index in [4.69, 9.17) is 10.2 Å². The van der Waals surface area contributed by atoms with Crippen molar-refractivity contribution in [2.24, 2.45) is 0 Å². The number of aliphatic carboxylic acids is 1. The minimum absolute atomic E-state index is 0.295. The summed E-state index contributed by atoms with van der Waals surface area (Å²) in [7, 11) is 0. The summed E-state index contributed by atoms with van der Waals surface area (Å²) >= 11 is 0. The number of pyridine rings is 1. The number of H-pyrrole nitrogens is 1. The van der Waals surface area contributed by atoms with E-state index in [1.165, 1.54) is 0 Å². The summed E-state index contributed by atoms with van der Waals surface area (Å²) in [6, 6.07) is 0. The van der Waals surface area contributed by atoms with Crippen molar-refractivity contribution in [2.75, 3.05) is 0 Å². The number of aromatic amines is 1. The van der Waals surface area contributed by atoms with Crippen LogP contribution in [0.5, 0.6) is 5.75 Å². The van der Waals surface area contributed by atoms with Gasteiger partial charge in [0.2, 0.25) is 5.43 Å². The minimum atomic E-state index is -3.02. The van der Waals surface area contributed by atoms with Crippen LogP contribution < -0.4 is 5.43 Å². The second-order valence-corrected chi connectivity index (χ2v) is 2.77. The molecule has 0 aliphatic carbocycles. The molecule has 0 fully saturated rings. The van der Waals surface area contributed by atoms with Crippen molar-refractivity contribution in [3.05, 3.63) is 27.7 Å². The van der Waals surface area contributed by atoms with Crippen LogP contribution in [0.15, 0.2) is 11.0 Å². The molecule has 82 valence electrons. The van der Waals surface area contributed by atoms with Gasteiger partial charge in [0.15, 0.2) is 5.75 Å². The molecular weight excluding hydrogens is 212 g/mol. The molecule has 0 amide bonds. The zero-order valence-electron chi connectivity index (χ0n) is 7.33. The average molecular weight is 219 g/mol. The van der Waals surface area contributed by atoms with Gasteiger partial charge in [0.25, 0.3) is 6.43 Å². The summed E-state index contributed by atoms with van der Waals surface area (Å²) in [5, 5.41) is 17.5. The maximum absolute atomic E-state index is 12.2. The third-order valence-electron chi connectivity index (χ3n) is 1.73. The molecule has 1 aromatic rings. The first-order valence-corrected chi connectivity index (χ1v) is 3.87. The monoisotopic (exact) mass is 219 g/mol. The maximum atomic E-state index is 12.2. The molecular formula is C8H7F2NO4. The zero-order valence-corrected chi connectivity index (χ0v) is 7.33. The number of carbonyl (C=O) groups is 1. The van der Waals surface area contributed by atoms with Crippen LogP contribution in [0.4, 0.5) is 8.78 Å². The van der Waals surface area contributed by atoms with Crippen LogP contribution >= 0.6 is 0 Å². The lowest BCUT2D eigenvalue weighted by Gasteiger charge is -2.04. The SMILES string of the molecule is O=C(O)Cc1[nH]cc(C(F)F)c(=O)c1O. The molecule has 1 rings (SSSR count). The Bertz CT molecular complexity index is 441. The lowest BCUT2D eigenvalue weighted by atomic mass is 10.2. The molecule has 0 radical (unpaired) electrons. The van der Waals surface area contributed by atoms with Crippen LogP contribution in [0.3, 0.4) is 0 Å². The molecule has 1 aromatic heterocycles. The second kappa shape index (κ2) is 4.07. The van der Waals surface area contributed by atoms with Crippen LogP contribution in [0.2, 0.25) is 0 Å². The van der Waals surface area contributed by atoms with Gasteiger partial charge in [0, 0.05) is 6.20 Å². The molecule has 1 heterocycles. The largest absolute Gasteiger partial charge is 0.503 e. The van der Waals surface area contributed by atoms with Gasteiger partial charge in [-0.15, -0.1) is 0 Å². The molecule has 0 aliphatic heterocycles. The van der Waals surface area contributed by atoms with Crippen molar-refractivity contribution in [3.8, 4) is 5.75 Å². The van der Waals surface area contributed by atoms with E-state index in [9.17, 15) is 18.4 Å². The second-order valence-electron chi connectivity index (χ2n) is 2.77. The van der Waals surface area contributed by atoms with Crippen molar-refractivity contribution < 1.29 is 23.8 Å². The molecule has 5 nitrogen and oxygen atoms in total. The molecule has 0 aliphatic rings. The number of carboxylic acids is 1. The molecule has 0 unspecified atom stereocenters. The lowest BCUT2D eigenvalue weighted by molar-refractivity contribution is -0.136. The molecule has 0 aromatic carbocycles. The zero-order chi connectivity index (χ0) is 11.6. The molecule has 7 heteroatoms. The first-order valence-electron chi connectivity index (χ1n) is 3.87. The van der Waals surface area contributed by atoms with Crippen molar-refractivity contribution in [1.82, 2.24) is 4.98 Å². The van der Waals surface area contributed by atoms with E-state index < -0.39 is 35.6 Å². The van der Waals surface area contributed by atoms with Crippen molar-refractivity contribution in [3.63, 3.8) is 0 Å². The number of carboxylic acid groups (broad SMARTS) is 1. The Hall–Kier alpha value is -1.92. The fourth-order valence-electron chi connectivity index (χ4n) is 1.02. The summed E-state index contributed by atoms with van der Waals surface area (Å²) in [5.74, 6) is -2.26. The van der Waals surface area contributed by atoms with Crippen molar-refractivity contribution in [1.29, 1.82) is 0 Å². The standard InChI is InChI=1S/C8H7F2NO4/c9-8(10)3-2-11-4(1-5(12)13)7(15)6(3)14/h2,8,15H,1H2,(H,11,14)(H,12,13). The van der Waals surface area contributed by atoms with Crippen LogP contribution in [-0.2, 0) is 11.2 Å². The van der Waals surface area contributed by atoms with E-state index in [2.05, 4.69) is 4.98 Å². The number of alkyl halides is 2. The highest BCUT2D eigenvalue weighted by Gasteiger charge is 2.18. The van der Waals surface area contributed by atoms with Gasteiger partial charge in [-0.2, -0.15) is 0 Å². The number of hydrogen-bond donors (Lipinski definition) is 3. The summed E-state index contributed by atoms with van der Waals surface area (Å²) in [6.07, 6.45) is -2.95. The third kappa shape index (κ3) is 2.30. The van der Waals surface area contributed by atoms with Crippen LogP contribution in [0.1, 0.15) is 17.7 Å². The fourth-order valence-corrected chi connectivity index (χ4v) is 1.02. The predicted molar refractivity (Wildman–Crippen MR) is 45.0 cm³/mol. The smallest absolute Gasteiger partial charge is 0.309 e. The molecule has 15 heavy (non-hydrogen) atoms. The predicted octanol–water partition coefficient (Wildman–Crippen LogP) is 0.645. The van der Waals surface area contributed by atoms with E-state index in [1.54, 1.807) is 0 Å². The van der Waals surface area contributed by atoms with Crippen LogP contribution in [0.25, 0.3) is 0 Å². The average Bonchev–Trinajstić information content (AvgIpc) is 2.12. The Morgan fingerprint density at radius 3 is 2.60 bits per heavy atom. The van der Waals surface area contributed by atoms with E-state index in [-0.39, 0.29) is 5.69 Å². The normalized spacial score (nSPS) is 10.6. The van der Waals surface area contributed by atoms with Crippen LogP contribution in [-0.4, -0.2) is 21.2 Å². The van der Waals surface area contributed by atoms with Crippen molar-refractivity contribution >= 4 is 5.97 Å². The van der Waals surface area contributed by atoms with E-state index in [1.807, 2.05) is 0 Å². The van der Waals surface area contributed by atoms with Gasteiger partial charge in [-0.05, 0) is 0 Å². The van der Waals surface area contributed by atoms with Crippen LogP contribution in [0, 0.1) is 0 Å². The van der Waals surface area contributed by atoms with Gasteiger partial charge in [-0.3, -0.25) is 9.59 Å². The first-order chi connectivity index (χ1) is 6.93.